The summed E-state index contributed by atoms with van der Waals surface area (Å²) in [5.74, 6) is -1.04. The lowest BCUT2D eigenvalue weighted by molar-refractivity contribution is 0.0670. The van der Waals surface area contributed by atoms with Gasteiger partial charge in [-0.3, -0.25) is 14.4 Å². The number of hydrogen-bond donors (Lipinski definition) is 1. The number of carbonyl (C=O) groups excluding carboxylic acids is 2. The third-order valence-electron chi connectivity index (χ3n) is 5.51. The fraction of sp³-hybridized carbons (Fsp3) is 0.261. The molecule has 1 amide bonds. The van der Waals surface area contributed by atoms with Crippen LogP contribution in [0.1, 0.15) is 44.7 Å². The van der Waals surface area contributed by atoms with Gasteiger partial charge in [0, 0.05) is 12.1 Å². The number of nitrogens with one attached hydrogen (secondary N) is 1. The molecule has 0 radical (unpaired) electrons. The second kappa shape index (κ2) is 7.28. The molecule has 1 unspecified atom stereocenters. The minimum atomic E-state index is -0.591. The molecule has 5 nitrogen and oxygen atoms in total. The SMILES string of the molecule is Cc1ccc(C)c(C(=O)C2CCCN2C(=O)c2cc3ccc(F)cc3[nH]c2=O)c1. The first-order valence-electron chi connectivity index (χ1n) is 9.60. The Labute approximate surface area is 167 Å². The van der Waals surface area contributed by atoms with Crippen LogP contribution >= 0.6 is 0 Å². The molecule has 29 heavy (non-hydrogen) atoms. The third-order valence-corrected chi connectivity index (χ3v) is 5.51. The van der Waals surface area contributed by atoms with Crippen LogP contribution in [0.5, 0.6) is 0 Å². The number of fused-ring (bicyclic) bond motifs is 1. The fourth-order valence-electron chi connectivity index (χ4n) is 3.95. The lowest BCUT2D eigenvalue weighted by atomic mass is 9.96. The van der Waals surface area contributed by atoms with E-state index in [1.165, 1.54) is 29.2 Å². The van der Waals surface area contributed by atoms with Crippen molar-refractivity contribution in [1.82, 2.24) is 9.88 Å². The van der Waals surface area contributed by atoms with Crippen LogP contribution in [0.4, 0.5) is 4.39 Å². The molecule has 0 bridgehead atoms. The maximum Gasteiger partial charge on any atom is 0.261 e. The van der Waals surface area contributed by atoms with Gasteiger partial charge in [0.15, 0.2) is 5.78 Å². The summed E-state index contributed by atoms with van der Waals surface area (Å²) in [6, 6.07) is 10.6. The molecule has 2 aromatic carbocycles. The maximum absolute atomic E-state index is 13.4. The van der Waals surface area contributed by atoms with E-state index in [9.17, 15) is 18.8 Å². The Morgan fingerprint density at radius 2 is 1.86 bits per heavy atom. The highest BCUT2D eigenvalue weighted by Gasteiger charge is 2.36. The predicted molar refractivity (Wildman–Crippen MR) is 109 cm³/mol. The Bertz CT molecular complexity index is 1200. The van der Waals surface area contributed by atoms with E-state index in [-0.39, 0.29) is 11.3 Å². The van der Waals surface area contributed by atoms with Crippen molar-refractivity contribution in [3.63, 3.8) is 0 Å². The average Bonchev–Trinajstić information content (AvgIpc) is 3.18. The number of carbonyl (C=O) groups is 2. The van der Waals surface area contributed by atoms with Gasteiger partial charge in [0.1, 0.15) is 11.4 Å². The number of Topliss-reactive ketones (excluding diaryl/α,β-unsaturated/α-hetero) is 1. The number of aromatic amines is 1. The molecular weight excluding hydrogens is 371 g/mol. The van der Waals surface area contributed by atoms with Crippen LogP contribution in [0, 0.1) is 19.7 Å². The predicted octanol–water partition coefficient (Wildman–Crippen LogP) is 3.77. The number of aryl methyl sites for hydroxylation is 2. The van der Waals surface area contributed by atoms with Crippen LogP contribution in [0.2, 0.25) is 0 Å². The van der Waals surface area contributed by atoms with Crippen molar-refractivity contribution in [3.05, 3.63) is 80.9 Å². The van der Waals surface area contributed by atoms with Crippen molar-refractivity contribution in [3.8, 4) is 0 Å². The first-order chi connectivity index (χ1) is 13.8. The molecule has 1 fully saturated rings. The summed E-state index contributed by atoms with van der Waals surface area (Å²) in [5.41, 5.74) is 2.16. The van der Waals surface area contributed by atoms with Gasteiger partial charge < -0.3 is 9.88 Å². The monoisotopic (exact) mass is 392 g/mol. The largest absolute Gasteiger partial charge is 0.328 e. The Kier molecular flexibility index (Phi) is 4.78. The van der Waals surface area contributed by atoms with Crippen LogP contribution in [-0.4, -0.2) is 34.2 Å². The van der Waals surface area contributed by atoms with E-state index in [1.807, 2.05) is 32.0 Å². The normalized spacial score (nSPS) is 16.4. The summed E-state index contributed by atoms with van der Waals surface area (Å²) in [5, 5.41) is 0.561. The highest BCUT2D eigenvalue weighted by atomic mass is 19.1. The molecule has 6 heteroatoms. The Morgan fingerprint density at radius 1 is 1.07 bits per heavy atom. The molecule has 148 valence electrons. The molecule has 1 saturated heterocycles. The van der Waals surface area contributed by atoms with Gasteiger partial charge in [0.05, 0.1) is 11.6 Å². The van der Waals surface area contributed by atoms with Crippen molar-refractivity contribution >= 4 is 22.6 Å². The molecule has 2 heterocycles. The van der Waals surface area contributed by atoms with Crippen molar-refractivity contribution in [2.45, 2.75) is 32.7 Å². The van der Waals surface area contributed by atoms with Crippen LogP contribution in [0.15, 0.2) is 47.3 Å². The smallest absolute Gasteiger partial charge is 0.261 e. The van der Waals surface area contributed by atoms with Gasteiger partial charge >= 0.3 is 0 Å². The van der Waals surface area contributed by atoms with Crippen molar-refractivity contribution in [2.75, 3.05) is 6.54 Å². The highest BCUT2D eigenvalue weighted by Crippen LogP contribution is 2.25. The Hall–Kier alpha value is -3.28. The molecule has 3 aromatic rings. The number of rotatable bonds is 3. The molecule has 0 spiro atoms. The van der Waals surface area contributed by atoms with Crippen LogP contribution in [-0.2, 0) is 0 Å². The minimum absolute atomic E-state index is 0.0372. The van der Waals surface area contributed by atoms with Crippen LogP contribution in [0.3, 0.4) is 0 Å². The number of aromatic nitrogens is 1. The summed E-state index contributed by atoms with van der Waals surface area (Å²) < 4.78 is 13.4. The van der Waals surface area contributed by atoms with E-state index >= 15 is 0 Å². The number of nitrogens with zero attached hydrogens (tertiary/aromatic N) is 1. The molecule has 1 N–H and O–H groups in total. The van der Waals surface area contributed by atoms with Crippen LogP contribution < -0.4 is 5.56 Å². The number of halogens is 1. The summed E-state index contributed by atoms with van der Waals surface area (Å²) in [6.07, 6.45) is 1.26. The van der Waals surface area contributed by atoms with Gasteiger partial charge in [-0.15, -0.1) is 0 Å². The van der Waals surface area contributed by atoms with Gasteiger partial charge in [0.2, 0.25) is 0 Å². The number of pyridine rings is 1. The lowest BCUT2D eigenvalue weighted by Gasteiger charge is -2.24. The van der Waals surface area contributed by atoms with E-state index in [0.29, 0.717) is 35.9 Å². The number of benzene rings is 2. The zero-order valence-corrected chi connectivity index (χ0v) is 16.3. The summed E-state index contributed by atoms with van der Waals surface area (Å²) in [7, 11) is 0. The number of amides is 1. The Morgan fingerprint density at radius 3 is 2.66 bits per heavy atom. The Balaban J connectivity index is 1.69. The summed E-state index contributed by atoms with van der Waals surface area (Å²) in [6.45, 7) is 4.22. The van der Waals surface area contributed by atoms with Gasteiger partial charge in [-0.25, -0.2) is 4.39 Å². The van der Waals surface area contributed by atoms with Crippen LogP contribution in [0.25, 0.3) is 10.9 Å². The molecule has 0 aliphatic carbocycles. The highest BCUT2D eigenvalue weighted by molar-refractivity contribution is 6.06. The number of likely N-dealkylation sites (tertiary alicyclic amines) is 1. The average molecular weight is 392 g/mol. The van der Waals surface area contributed by atoms with E-state index in [2.05, 4.69) is 4.98 Å². The molecule has 4 rings (SSSR count). The van der Waals surface area contributed by atoms with Crippen molar-refractivity contribution in [2.24, 2.45) is 0 Å². The van der Waals surface area contributed by atoms with E-state index in [1.54, 1.807) is 0 Å². The van der Waals surface area contributed by atoms with Gasteiger partial charge in [-0.2, -0.15) is 0 Å². The molecular formula is C23H21FN2O3. The second-order valence-corrected chi connectivity index (χ2v) is 7.58. The standard InChI is InChI=1S/C23H21FN2O3/c1-13-5-6-14(2)17(10-13)21(27)20-4-3-9-26(20)23(29)18-11-15-7-8-16(24)12-19(15)25-22(18)28/h5-8,10-12,20H,3-4,9H2,1-2H3,(H,25,28). The minimum Gasteiger partial charge on any atom is -0.328 e. The first kappa shape index (κ1) is 19.1. The van der Waals surface area contributed by atoms with E-state index in [4.69, 9.17) is 0 Å². The second-order valence-electron chi connectivity index (χ2n) is 7.58. The summed E-state index contributed by atoms with van der Waals surface area (Å²) in [4.78, 5) is 42.9. The molecule has 0 saturated carbocycles. The van der Waals surface area contributed by atoms with E-state index in [0.717, 1.165) is 11.1 Å². The third kappa shape index (κ3) is 3.46. The zero-order chi connectivity index (χ0) is 20.7. The summed E-state index contributed by atoms with van der Waals surface area (Å²) >= 11 is 0. The molecule has 1 aliphatic heterocycles. The topological polar surface area (TPSA) is 70.2 Å². The number of ketones is 1. The van der Waals surface area contributed by atoms with Gasteiger partial charge in [-0.1, -0.05) is 17.7 Å². The van der Waals surface area contributed by atoms with E-state index < -0.39 is 23.3 Å². The van der Waals surface area contributed by atoms with Crippen molar-refractivity contribution < 1.29 is 14.0 Å². The van der Waals surface area contributed by atoms with Gasteiger partial charge in [0.25, 0.3) is 11.5 Å². The number of hydrogen-bond acceptors (Lipinski definition) is 3. The molecule has 1 aromatic heterocycles. The molecule has 1 atom stereocenters. The van der Waals surface area contributed by atoms with Crippen molar-refractivity contribution in [1.29, 1.82) is 0 Å². The fourth-order valence-corrected chi connectivity index (χ4v) is 3.95. The quantitative estimate of drug-likeness (QED) is 0.690. The maximum atomic E-state index is 13.4. The molecule has 1 aliphatic rings. The number of H-pyrrole nitrogens is 1. The van der Waals surface area contributed by atoms with Gasteiger partial charge in [-0.05, 0) is 68.0 Å². The first-order valence-corrected chi connectivity index (χ1v) is 9.60. The zero-order valence-electron chi connectivity index (χ0n) is 16.3. The lowest BCUT2D eigenvalue weighted by Crippen LogP contribution is -2.42.